The van der Waals surface area contributed by atoms with Gasteiger partial charge in [0.25, 0.3) is 0 Å². The molecule has 2 aromatic carbocycles. The van der Waals surface area contributed by atoms with Gasteiger partial charge in [-0.3, -0.25) is 4.79 Å². The SMILES string of the molecule is CN(C)C(=O)CSCc1sc2ccccc2c1-c1ccccc1. The summed E-state index contributed by atoms with van der Waals surface area (Å²) in [6.45, 7) is 0. The molecule has 0 aliphatic heterocycles. The Kier molecular flexibility index (Phi) is 5.03. The Morgan fingerprint density at radius 1 is 1.04 bits per heavy atom. The highest BCUT2D eigenvalue weighted by Gasteiger charge is 2.14. The van der Waals surface area contributed by atoms with Crippen LogP contribution in [-0.2, 0) is 10.5 Å². The van der Waals surface area contributed by atoms with Crippen LogP contribution < -0.4 is 0 Å². The molecule has 0 bridgehead atoms. The number of nitrogens with zero attached hydrogens (tertiary/aromatic N) is 1. The van der Waals surface area contributed by atoms with Crippen molar-refractivity contribution in [3.8, 4) is 11.1 Å². The van der Waals surface area contributed by atoms with E-state index in [0.29, 0.717) is 5.75 Å². The zero-order valence-corrected chi connectivity index (χ0v) is 14.9. The van der Waals surface area contributed by atoms with Crippen molar-refractivity contribution in [3.63, 3.8) is 0 Å². The zero-order valence-electron chi connectivity index (χ0n) is 13.3. The van der Waals surface area contributed by atoms with Crippen molar-refractivity contribution in [1.29, 1.82) is 0 Å². The number of carbonyl (C=O) groups excluding carboxylic acids is 1. The highest BCUT2D eigenvalue weighted by atomic mass is 32.2. The van der Waals surface area contributed by atoms with Crippen molar-refractivity contribution < 1.29 is 4.79 Å². The molecule has 0 aliphatic rings. The van der Waals surface area contributed by atoms with Gasteiger partial charge in [-0.05, 0) is 11.6 Å². The maximum atomic E-state index is 11.8. The summed E-state index contributed by atoms with van der Waals surface area (Å²) in [5.74, 6) is 1.55. The second kappa shape index (κ2) is 7.20. The molecular weight excluding hydrogens is 322 g/mol. The maximum Gasteiger partial charge on any atom is 0.232 e. The van der Waals surface area contributed by atoms with Crippen molar-refractivity contribution >= 4 is 39.1 Å². The smallest absolute Gasteiger partial charge is 0.232 e. The van der Waals surface area contributed by atoms with Crippen molar-refractivity contribution in [2.45, 2.75) is 5.75 Å². The molecule has 0 saturated carbocycles. The van der Waals surface area contributed by atoms with E-state index in [9.17, 15) is 4.79 Å². The van der Waals surface area contributed by atoms with Crippen molar-refractivity contribution in [2.75, 3.05) is 19.8 Å². The van der Waals surface area contributed by atoms with Gasteiger partial charge in [0.2, 0.25) is 5.91 Å². The molecule has 4 heteroatoms. The number of thioether (sulfide) groups is 1. The molecule has 0 radical (unpaired) electrons. The Labute approximate surface area is 145 Å². The summed E-state index contributed by atoms with van der Waals surface area (Å²) in [6, 6.07) is 19.1. The average molecular weight is 342 g/mol. The number of hydrogen-bond acceptors (Lipinski definition) is 3. The normalized spacial score (nSPS) is 10.9. The van der Waals surface area contributed by atoms with E-state index in [1.807, 2.05) is 17.4 Å². The monoisotopic (exact) mass is 341 g/mol. The molecule has 1 heterocycles. The Morgan fingerprint density at radius 2 is 1.74 bits per heavy atom. The molecule has 0 atom stereocenters. The fourth-order valence-corrected chi connectivity index (χ4v) is 4.85. The molecule has 1 aromatic heterocycles. The molecule has 0 N–H and O–H groups in total. The van der Waals surface area contributed by atoms with Crippen LogP contribution in [0.3, 0.4) is 0 Å². The quantitative estimate of drug-likeness (QED) is 0.658. The summed E-state index contributed by atoms with van der Waals surface area (Å²) < 4.78 is 1.31. The average Bonchev–Trinajstić information content (AvgIpc) is 2.93. The Bertz CT molecular complexity index is 809. The number of rotatable bonds is 5. The third kappa shape index (κ3) is 3.59. The number of hydrogen-bond donors (Lipinski definition) is 0. The molecule has 1 amide bonds. The van der Waals surface area contributed by atoms with Crippen LogP contribution in [-0.4, -0.2) is 30.7 Å². The standard InChI is InChI=1S/C19H19NOS2/c1-20(2)18(21)13-22-12-17-19(14-8-4-3-5-9-14)15-10-6-7-11-16(15)23-17/h3-11H,12-13H2,1-2H3. The lowest BCUT2D eigenvalue weighted by atomic mass is 10.0. The second-order valence-corrected chi connectivity index (χ2v) is 7.67. The summed E-state index contributed by atoms with van der Waals surface area (Å²) >= 11 is 3.52. The Morgan fingerprint density at radius 3 is 2.48 bits per heavy atom. The fraction of sp³-hybridized carbons (Fsp3) is 0.211. The van der Waals surface area contributed by atoms with Gasteiger partial charge in [0, 0.05) is 40.4 Å². The fourth-order valence-electron chi connectivity index (χ4n) is 2.48. The topological polar surface area (TPSA) is 20.3 Å². The zero-order chi connectivity index (χ0) is 16.2. The molecular formula is C19H19NOS2. The molecule has 23 heavy (non-hydrogen) atoms. The lowest BCUT2D eigenvalue weighted by molar-refractivity contribution is -0.125. The highest BCUT2D eigenvalue weighted by molar-refractivity contribution is 7.99. The molecule has 0 aliphatic carbocycles. The first-order valence-electron chi connectivity index (χ1n) is 7.50. The van der Waals surface area contributed by atoms with Gasteiger partial charge in [0.15, 0.2) is 0 Å². The van der Waals surface area contributed by atoms with Gasteiger partial charge in [-0.25, -0.2) is 0 Å². The van der Waals surface area contributed by atoms with Gasteiger partial charge in [0.05, 0.1) is 5.75 Å². The number of amides is 1. The maximum absolute atomic E-state index is 11.8. The van der Waals surface area contributed by atoms with Gasteiger partial charge in [-0.1, -0.05) is 48.5 Å². The van der Waals surface area contributed by atoms with E-state index < -0.39 is 0 Å². The van der Waals surface area contributed by atoms with Crippen molar-refractivity contribution in [2.24, 2.45) is 0 Å². The molecule has 3 rings (SSSR count). The predicted molar refractivity (Wildman–Crippen MR) is 102 cm³/mol. The number of fused-ring (bicyclic) bond motifs is 1. The lowest BCUT2D eigenvalue weighted by Gasteiger charge is -2.10. The molecule has 2 nitrogen and oxygen atoms in total. The Hall–Kier alpha value is -1.78. The van der Waals surface area contributed by atoms with E-state index in [1.54, 1.807) is 30.8 Å². The van der Waals surface area contributed by atoms with Crippen LogP contribution in [0.15, 0.2) is 54.6 Å². The van der Waals surface area contributed by atoms with Crippen LogP contribution in [0, 0.1) is 0 Å². The summed E-state index contributed by atoms with van der Waals surface area (Å²) in [4.78, 5) is 14.8. The van der Waals surface area contributed by atoms with E-state index in [1.165, 1.54) is 26.1 Å². The van der Waals surface area contributed by atoms with Gasteiger partial charge < -0.3 is 4.90 Å². The second-order valence-electron chi connectivity index (χ2n) is 5.54. The first-order chi connectivity index (χ1) is 11.2. The van der Waals surface area contributed by atoms with Crippen LogP contribution in [0.5, 0.6) is 0 Å². The summed E-state index contributed by atoms with van der Waals surface area (Å²) in [6.07, 6.45) is 0. The molecule has 118 valence electrons. The van der Waals surface area contributed by atoms with E-state index in [-0.39, 0.29) is 5.91 Å². The summed E-state index contributed by atoms with van der Waals surface area (Å²) in [7, 11) is 3.61. The van der Waals surface area contributed by atoms with Crippen molar-refractivity contribution in [1.82, 2.24) is 4.90 Å². The summed E-state index contributed by atoms with van der Waals surface area (Å²) in [5, 5.41) is 1.30. The minimum Gasteiger partial charge on any atom is -0.348 e. The number of carbonyl (C=O) groups is 1. The largest absolute Gasteiger partial charge is 0.348 e. The van der Waals surface area contributed by atoms with E-state index >= 15 is 0 Å². The van der Waals surface area contributed by atoms with Gasteiger partial charge in [-0.15, -0.1) is 23.1 Å². The highest BCUT2D eigenvalue weighted by Crippen LogP contribution is 2.40. The third-order valence-corrected chi connectivity index (χ3v) is 5.99. The first kappa shape index (κ1) is 16.1. The minimum atomic E-state index is 0.164. The van der Waals surface area contributed by atoms with Gasteiger partial charge in [-0.2, -0.15) is 0 Å². The number of thiophene rings is 1. The Balaban J connectivity index is 1.92. The van der Waals surface area contributed by atoms with E-state index in [2.05, 4.69) is 48.5 Å². The number of benzene rings is 2. The molecule has 3 aromatic rings. The predicted octanol–water partition coefficient (Wildman–Crippen LogP) is 4.89. The van der Waals surface area contributed by atoms with E-state index in [0.717, 1.165) is 5.75 Å². The van der Waals surface area contributed by atoms with Crippen LogP contribution in [0.1, 0.15) is 4.88 Å². The van der Waals surface area contributed by atoms with Crippen LogP contribution in [0.2, 0.25) is 0 Å². The molecule has 0 saturated heterocycles. The molecule has 0 unspecified atom stereocenters. The van der Waals surface area contributed by atoms with Crippen molar-refractivity contribution in [3.05, 3.63) is 59.5 Å². The summed E-state index contributed by atoms with van der Waals surface area (Å²) in [5.41, 5.74) is 2.57. The van der Waals surface area contributed by atoms with Crippen LogP contribution in [0.25, 0.3) is 21.2 Å². The van der Waals surface area contributed by atoms with E-state index in [4.69, 9.17) is 0 Å². The third-order valence-electron chi connectivity index (χ3n) is 3.69. The first-order valence-corrected chi connectivity index (χ1v) is 9.47. The van der Waals surface area contributed by atoms with Gasteiger partial charge >= 0.3 is 0 Å². The molecule has 0 fully saturated rings. The van der Waals surface area contributed by atoms with Crippen LogP contribution >= 0.6 is 23.1 Å². The van der Waals surface area contributed by atoms with Crippen LogP contribution in [0.4, 0.5) is 0 Å². The lowest BCUT2D eigenvalue weighted by Crippen LogP contribution is -2.23. The minimum absolute atomic E-state index is 0.164. The van der Waals surface area contributed by atoms with Gasteiger partial charge in [0.1, 0.15) is 0 Å². The molecule has 0 spiro atoms.